The molecule has 0 amide bonds. The summed E-state index contributed by atoms with van der Waals surface area (Å²) >= 11 is 0. The molecule has 3 atom stereocenters. The minimum absolute atomic E-state index is 0.536. The number of nitrogens with one attached hydrogen (secondary N) is 1. The molecule has 2 rings (SSSR count). The van der Waals surface area contributed by atoms with Gasteiger partial charge in [0.1, 0.15) is 0 Å². The van der Waals surface area contributed by atoms with Gasteiger partial charge in [-0.3, -0.25) is 0 Å². The van der Waals surface area contributed by atoms with Crippen LogP contribution in [0.5, 0.6) is 0 Å². The van der Waals surface area contributed by atoms with Gasteiger partial charge >= 0.3 is 0 Å². The predicted octanol–water partition coefficient (Wildman–Crippen LogP) is 4.51. The molecule has 0 saturated heterocycles. The fourth-order valence-electron chi connectivity index (χ4n) is 3.81. The average Bonchev–Trinajstić information content (AvgIpc) is 2.86. The van der Waals surface area contributed by atoms with Crippen LogP contribution >= 0.6 is 0 Å². The molecule has 1 aliphatic rings. The van der Waals surface area contributed by atoms with E-state index in [1.807, 2.05) is 0 Å². The SMILES string of the molecule is CCc1ccc(C(NC)C2CCCC2C)cc1CC. The topological polar surface area (TPSA) is 12.0 Å². The van der Waals surface area contributed by atoms with E-state index in [1.165, 1.54) is 36.0 Å². The molecule has 1 saturated carbocycles. The largest absolute Gasteiger partial charge is 0.313 e. The van der Waals surface area contributed by atoms with Gasteiger partial charge in [0.25, 0.3) is 0 Å². The van der Waals surface area contributed by atoms with Crippen molar-refractivity contribution in [2.75, 3.05) is 7.05 Å². The van der Waals surface area contributed by atoms with Gasteiger partial charge in [0.15, 0.2) is 0 Å². The van der Waals surface area contributed by atoms with Crippen molar-refractivity contribution in [2.45, 2.75) is 58.9 Å². The number of aryl methyl sites for hydroxylation is 2. The molecule has 1 aliphatic carbocycles. The van der Waals surface area contributed by atoms with Gasteiger partial charge in [-0.15, -0.1) is 0 Å². The smallest absolute Gasteiger partial charge is 0.0348 e. The van der Waals surface area contributed by atoms with Crippen LogP contribution < -0.4 is 5.32 Å². The molecule has 0 bridgehead atoms. The molecule has 1 nitrogen and oxygen atoms in total. The molecule has 1 aromatic carbocycles. The summed E-state index contributed by atoms with van der Waals surface area (Å²) < 4.78 is 0. The highest BCUT2D eigenvalue weighted by Gasteiger charge is 2.31. The van der Waals surface area contributed by atoms with Gasteiger partial charge in [-0.05, 0) is 54.8 Å². The minimum atomic E-state index is 0.536. The van der Waals surface area contributed by atoms with Crippen LogP contribution in [0.15, 0.2) is 18.2 Å². The van der Waals surface area contributed by atoms with E-state index < -0.39 is 0 Å². The monoisotopic (exact) mass is 259 g/mol. The first-order valence-electron chi connectivity index (χ1n) is 8.00. The summed E-state index contributed by atoms with van der Waals surface area (Å²) in [4.78, 5) is 0. The maximum absolute atomic E-state index is 3.58. The first kappa shape index (κ1) is 14.6. The second-order valence-corrected chi connectivity index (χ2v) is 6.07. The van der Waals surface area contributed by atoms with E-state index in [0.29, 0.717) is 6.04 Å². The van der Waals surface area contributed by atoms with E-state index in [4.69, 9.17) is 0 Å². The van der Waals surface area contributed by atoms with Crippen LogP contribution in [0.3, 0.4) is 0 Å². The summed E-state index contributed by atoms with van der Waals surface area (Å²) in [5.41, 5.74) is 4.54. The Kier molecular flexibility index (Phi) is 5.04. The molecule has 0 radical (unpaired) electrons. The number of benzene rings is 1. The van der Waals surface area contributed by atoms with E-state index in [-0.39, 0.29) is 0 Å². The zero-order valence-corrected chi connectivity index (χ0v) is 13.0. The molecule has 1 N–H and O–H groups in total. The van der Waals surface area contributed by atoms with Gasteiger partial charge in [0.2, 0.25) is 0 Å². The van der Waals surface area contributed by atoms with Crippen LogP contribution in [-0.2, 0) is 12.8 Å². The van der Waals surface area contributed by atoms with Gasteiger partial charge in [0.05, 0.1) is 0 Å². The third-order valence-corrected chi connectivity index (χ3v) is 5.02. The molecular weight excluding hydrogens is 230 g/mol. The van der Waals surface area contributed by atoms with Gasteiger partial charge < -0.3 is 5.32 Å². The van der Waals surface area contributed by atoms with Crippen LogP contribution in [0.4, 0.5) is 0 Å². The molecular formula is C18H29N. The van der Waals surface area contributed by atoms with Gasteiger partial charge in [-0.2, -0.15) is 0 Å². The lowest BCUT2D eigenvalue weighted by atomic mass is 9.84. The summed E-state index contributed by atoms with van der Waals surface area (Å²) in [6.45, 7) is 6.94. The number of hydrogen-bond acceptors (Lipinski definition) is 1. The van der Waals surface area contributed by atoms with Crippen molar-refractivity contribution in [3.05, 3.63) is 34.9 Å². The zero-order chi connectivity index (χ0) is 13.8. The minimum Gasteiger partial charge on any atom is -0.313 e. The molecule has 106 valence electrons. The Morgan fingerprint density at radius 2 is 1.89 bits per heavy atom. The lowest BCUT2D eigenvalue weighted by molar-refractivity contribution is 0.315. The van der Waals surface area contributed by atoms with Gasteiger partial charge in [-0.1, -0.05) is 51.8 Å². The van der Waals surface area contributed by atoms with Crippen molar-refractivity contribution in [1.82, 2.24) is 5.32 Å². The fourth-order valence-corrected chi connectivity index (χ4v) is 3.81. The molecule has 3 unspecified atom stereocenters. The molecule has 0 aromatic heterocycles. The first-order chi connectivity index (χ1) is 9.21. The van der Waals surface area contributed by atoms with Crippen molar-refractivity contribution >= 4 is 0 Å². The van der Waals surface area contributed by atoms with E-state index in [2.05, 4.69) is 51.3 Å². The Balaban J connectivity index is 2.27. The van der Waals surface area contributed by atoms with Crippen LogP contribution in [0.2, 0.25) is 0 Å². The summed E-state index contributed by atoms with van der Waals surface area (Å²) in [5, 5.41) is 3.58. The molecule has 19 heavy (non-hydrogen) atoms. The third-order valence-electron chi connectivity index (χ3n) is 5.02. The fraction of sp³-hybridized carbons (Fsp3) is 0.667. The Morgan fingerprint density at radius 1 is 1.16 bits per heavy atom. The van der Waals surface area contributed by atoms with E-state index in [9.17, 15) is 0 Å². The lowest BCUT2D eigenvalue weighted by Gasteiger charge is -2.28. The third kappa shape index (κ3) is 3.02. The zero-order valence-electron chi connectivity index (χ0n) is 13.0. The van der Waals surface area contributed by atoms with E-state index in [0.717, 1.165) is 24.7 Å². The van der Waals surface area contributed by atoms with Crippen LogP contribution in [0, 0.1) is 11.8 Å². The lowest BCUT2D eigenvalue weighted by Crippen LogP contribution is -2.27. The summed E-state index contributed by atoms with van der Waals surface area (Å²) in [5.74, 6) is 1.66. The summed E-state index contributed by atoms with van der Waals surface area (Å²) in [6, 6.07) is 7.68. The highest BCUT2D eigenvalue weighted by Crippen LogP contribution is 2.40. The van der Waals surface area contributed by atoms with Crippen molar-refractivity contribution in [1.29, 1.82) is 0 Å². The van der Waals surface area contributed by atoms with Gasteiger partial charge in [-0.25, -0.2) is 0 Å². The predicted molar refractivity (Wildman–Crippen MR) is 83.5 cm³/mol. The van der Waals surface area contributed by atoms with Crippen LogP contribution in [0.1, 0.15) is 62.8 Å². The molecule has 1 aromatic rings. The summed E-state index contributed by atoms with van der Waals surface area (Å²) in [7, 11) is 2.12. The van der Waals surface area contributed by atoms with Gasteiger partial charge in [0, 0.05) is 6.04 Å². The molecule has 0 aliphatic heterocycles. The van der Waals surface area contributed by atoms with E-state index >= 15 is 0 Å². The second kappa shape index (κ2) is 6.56. The maximum atomic E-state index is 3.58. The molecule has 0 spiro atoms. The molecule has 1 heteroatoms. The van der Waals surface area contributed by atoms with Crippen LogP contribution in [0.25, 0.3) is 0 Å². The Labute approximate surface area is 118 Å². The summed E-state index contributed by atoms with van der Waals surface area (Å²) in [6.07, 6.45) is 6.47. The number of hydrogen-bond donors (Lipinski definition) is 1. The van der Waals surface area contributed by atoms with Crippen molar-refractivity contribution in [3.63, 3.8) is 0 Å². The quantitative estimate of drug-likeness (QED) is 0.820. The normalized spacial score (nSPS) is 24.6. The van der Waals surface area contributed by atoms with Crippen LogP contribution in [-0.4, -0.2) is 7.05 Å². The Bertz CT molecular complexity index is 410. The molecule has 1 fully saturated rings. The molecule has 0 heterocycles. The maximum Gasteiger partial charge on any atom is 0.0348 e. The standard InChI is InChI=1S/C18H29N/c1-5-14-10-11-16(12-15(14)6-2)18(19-4)17-9-7-8-13(17)3/h10-13,17-19H,5-9H2,1-4H3. The van der Waals surface area contributed by atoms with Crippen molar-refractivity contribution in [2.24, 2.45) is 11.8 Å². The highest BCUT2D eigenvalue weighted by molar-refractivity contribution is 5.34. The average molecular weight is 259 g/mol. The highest BCUT2D eigenvalue weighted by atomic mass is 14.9. The second-order valence-electron chi connectivity index (χ2n) is 6.07. The Hall–Kier alpha value is -0.820. The van der Waals surface area contributed by atoms with Crippen molar-refractivity contribution < 1.29 is 0 Å². The Morgan fingerprint density at radius 3 is 2.42 bits per heavy atom. The van der Waals surface area contributed by atoms with E-state index in [1.54, 1.807) is 0 Å². The first-order valence-corrected chi connectivity index (χ1v) is 8.00. The number of rotatable bonds is 5. The van der Waals surface area contributed by atoms with Crippen molar-refractivity contribution in [3.8, 4) is 0 Å².